The Morgan fingerprint density at radius 1 is 0.925 bits per heavy atom. The predicted octanol–water partition coefficient (Wildman–Crippen LogP) is 6.14. The van der Waals surface area contributed by atoms with Gasteiger partial charge in [0, 0.05) is 12.6 Å². The van der Waals surface area contributed by atoms with Gasteiger partial charge in [-0.2, -0.15) is 0 Å². The van der Waals surface area contributed by atoms with E-state index in [0.29, 0.717) is 6.42 Å². The van der Waals surface area contributed by atoms with Crippen LogP contribution in [-0.4, -0.2) is 43.8 Å². The summed E-state index contributed by atoms with van der Waals surface area (Å²) in [6.45, 7) is 8.81. The Morgan fingerprint density at radius 3 is 2.17 bits per heavy atom. The van der Waals surface area contributed by atoms with Crippen LogP contribution in [0.25, 0.3) is 0 Å². The zero-order chi connectivity index (χ0) is 29.6. The lowest BCUT2D eigenvalue weighted by Gasteiger charge is -2.34. The summed E-state index contributed by atoms with van der Waals surface area (Å²) < 4.78 is 28.9. The van der Waals surface area contributed by atoms with Gasteiger partial charge in [0.15, 0.2) is 0 Å². The molecule has 1 atom stereocenters. The quantitative estimate of drug-likeness (QED) is 0.285. The monoisotopic (exact) mass is 603 g/mol. The van der Waals surface area contributed by atoms with Crippen LogP contribution in [0.4, 0.5) is 5.69 Å². The summed E-state index contributed by atoms with van der Waals surface area (Å²) in [6.07, 6.45) is 0.332. The number of amides is 2. The number of rotatable bonds is 11. The van der Waals surface area contributed by atoms with Gasteiger partial charge in [0.05, 0.1) is 20.6 Å². The third kappa shape index (κ3) is 7.56. The van der Waals surface area contributed by atoms with Gasteiger partial charge >= 0.3 is 0 Å². The fourth-order valence-corrected chi connectivity index (χ4v) is 6.22. The van der Waals surface area contributed by atoms with Gasteiger partial charge in [-0.1, -0.05) is 83.7 Å². The first kappa shape index (κ1) is 31.5. The number of nitrogens with one attached hydrogen (secondary N) is 1. The van der Waals surface area contributed by atoms with Crippen LogP contribution in [0.3, 0.4) is 0 Å². The smallest absolute Gasteiger partial charge is 0.264 e. The van der Waals surface area contributed by atoms with Crippen molar-refractivity contribution in [2.45, 2.75) is 64.6 Å². The van der Waals surface area contributed by atoms with Crippen molar-refractivity contribution in [3.05, 3.63) is 93.5 Å². The number of hydrogen-bond donors (Lipinski definition) is 1. The maximum Gasteiger partial charge on any atom is 0.264 e. The van der Waals surface area contributed by atoms with Crippen molar-refractivity contribution in [3.63, 3.8) is 0 Å². The molecule has 1 unspecified atom stereocenters. The molecule has 3 rings (SSSR count). The molecule has 3 aromatic carbocycles. The standard InChI is InChI=1S/C30H35Cl2N3O4S/c1-6-26(30(37)33-20(2)3)34(18-23-10-7-9-22(5)17-23)28(36)19-35(27-12-8-11-25(31)29(27)32)40(38,39)24-15-13-21(4)14-16-24/h7-17,20,26H,6,18-19H2,1-5H3,(H,33,37). The summed E-state index contributed by atoms with van der Waals surface area (Å²) in [5, 5.41) is 3.04. The van der Waals surface area contributed by atoms with Crippen LogP contribution >= 0.6 is 23.2 Å². The number of anilines is 1. The minimum atomic E-state index is -4.25. The highest BCUT2D eigenvalue weighted by atomic mass is 35.5. The van der Waals surface area contributed by atoms with Crippen LogP contribution in [-0.2, 0) is 26.2 Å². The number of carbonyl (C=O) groups excluding carboxylic acids is 2. The Hall–Kier alpha value is -3.07. The Bertz CT molecular complexity index is 1460. The largest absolute Gasteiger partial charge is 0.352 e. The number of sulfonamides is 1. The molecule has 214 valence electrons. The Labute approximate surface area is 247 Å². The van der Waals surface area contributed by atoms with E-state index in [0.717, 1.165) is 21.0 Å². The first-order chi connectivity index (χ1) is 18.8. The number of hydrogen-bond acceptors (Lipinski definition) is 4. The first-order valence-electron chi connectivity index (χ1n) is 13.0. The molecule has 0 saturated heterocycles. The lowest BCUT2D eigenvalue weighted by Crippen LogP contribution is -2.53. The van der Waals surface area contributed by atoms with Crippen molar-refractivity contribution in [1.29, 1.82) is 0 Å². The molecule has 40 heavy (non-hydrogen) atoms. The van der Waals surface area contributed by atoms with Crippen LogP contribution in [0.2, 0.25) is 10.0 Å². The molecule has 1 N–H and O–H groups in total. The second-order valence-corrected chi connectivity index (χ2v) is 12.6. The topological polar surface area (TPSA) is 86.8 Å². The van der Waals surface area contributed by atoms with Gasteiger partial charge in [0.25, 0.3) is 10.0 Å². The average Bonchev–Trinajstić information content (AvgIpc) is 2.88. The molecule has 7 nitrogen and oxygen atoms in total. The van der Waals surface area contributed by atoms with Crippen molar-refractivity contribution in [2.75, 3.05) is 10.8 Å². The predicted molar refractivity (Wildman–Crippen MR) is 161 cm³/mol. The summed E-state index contributed by atoms with van der Waals surface area (Å²) in [5.74, 6) is -0.869. The highest BCUT2D eigenvalue weighted by Crippen LogP contribution is 2.35. The molecule has 0 bridgehead atoms. The molecule has 2 amide bonds. The number of carbonyl (C=O) groups is 2. The van der Waals surface area contributed by atoms with Crippen molar-refractivity contribution in [2.24, 2.45) is 0 Å². The minimum absolute atomic E-state index is 0.00230. The normalized spacial score (nSPS) is 12.2. The Kier molecular flexibility index (Phi) is 10.6. The number of aryl methyl sites for hydroxylation is 2. The molecule has 0 spiro atoms. The molecule has 0 heterocycles. The van der Waals surface area contributed by atoms with Gasteiger partial charge in [-0.05, 0) is 63.9 Å². The number of benzene rings is 3. The SMILES string of the molecule is CCC(C(=O)NC(C)C)N(Cc1cccc(C)c1)C(=O)CN(c1cccc(Cl)c1Cl)S(=O)(=O)c1ccc(C)cc1. The average molecular weight is 605 g/mol. The molecule has 10 heteroatoms. The van der Waals surface area contributed by atoms with Gasteiger partial charge in [-0.3, -0.25) is 13.9 Å². The molecule has 0 saturated carbocycles. The molecule has 0 aromatic heterocycles. The number of halogens is 2. The zero-order valence-electron chi connectivity index (χ0n) is 23.3. The van der Waals surface area contributed by atoms with E-state index in [1.807, 2.05) is 58.9 Å². The maximum atomic E-state index is 14.1. The van der Waals surface area contributed by atoms with E-state index in [9.17, 15) is 18.0 Å². The maximum absolute atomic E-state index is 14.1. The minimum Gasteiger partial charge on any atom is -0.352 e. The van der Waals surface area contributed by atoms with E-state index in [-0.39, 0.29) is 39.1 Å². The lowest BCUT2D eigenvalue weighted by atomic mass is 10.1. The highest BCUT2D eigenvalue weighted by molar-refractivity contribution is 7.92. The van der Waals surface area contributed by atoms with E-state index in [1.54, 1.807) is 24.3 Å². The molecule has 0 fully saturated rings. The van der Waals surface area contributed by atoms with E-state index in [4.69, 9.17) is 23.2 Å². The van der Waals surface area contributed by atoms with Gasteiger partial charge in [0.2, 0.25) is 11.8 Å². The van der Waals surface area contributed by atoms with Crippen LogP contribution in [0.5, 0.6) is 0 Å². The zero-order valence-corrected chi connectivity index (χ0v) is 25.6. The van der Waals surface area contributed by atoms with Gasteiger partial charge < -0.3 is 10.2 Å². The molecule has 0 aliphatic rings. The summed E-state index contributed by atoms with van der Waals surface area (Å²) in [4.78, 5) is 28.7. The molecule has 0 aliphatic carbocycles. The van der Waals surface area contributed by atoms with Crippen molar-refractivity contribution in [3.8, 4) is 0 Å². The Balaban J connectivity index is 2.11. The van der Waals surface area contributed by atoms with Gasteiger partial charge in [-0.25, -0.2) is 8.42 Å². The molecular weight excluding hydrogens is 569 g/mol. The van der Waals surface area contributed by atoms with E-state index in [1.165, 1.54) is 23.1 Å². The van der Waals surface area contributed by atoms with Crippen molar-refractivity contribution < 1.29 is 18.0 Å². The van der Waals surface area contributed by atoms with Gasteiger partial charge in [0.1, 0.15) is 12.6 Å². The van der Waals surface area contributed by atoms with Crippen LogP contribution < -0.4 is 9.62 Å². The summed E-state index contributed by atoms with van der Waals surface area (Å²) in [5.41, 5.74) is 2.77. The van der Waals surface area contributed by atoms with Crippen LogP contribution in [0.1, 0.15) is 43.9 Å². The van der Waals surface area contributed by atoms with Crippen LogP contribution in [0.15, 0.2) is 71.6 Å². The first-order valence-corrected chi connectivity index (χ1v) is 15.2. The van der Waals surface area contributed by atoms with Gasteiger partial charge in [-0.15, -0.1) is 0 Å². The fraction of sp³-hybridized carbons (Fsp3) is 0.333. The lowest BCUT2D eigenvalue weighted by molar-refractivity contribution is -0.140. The summed E-state index contributed by atoms with van der Waals surface area (Å²) in [7, 11) is -4.25. The number of nitrogens with zero attached hydrogens (tertiary/aromatic N) is 2. The molecule has 0 radical (unpaired) electrons. The summed E-state index contributed by atoms with van der Waals surface area (Å²) in [6, 6.07) is 17.6. The molecule has 0 aliphatic heterocycles. The van der Waals surface area contributed by atoms with E-state index in [2.05, 4.69) is 5.32 Å². The van der Waals surface area contributed by atoms with Crippen molar-refractivity contribution in [1.82, 2.24) is 10.2 Å². The molecular formula is C30H35Cl2N3O4S. The highest BCUT2D eigenvalue weighted by Gasteiger charge is 2.34. The Morgan fingerprint density at radius 2 is 1.57 bits per heavy atom. The van der Waals surface area contributed by atoms with Crippen molar-refractivity contribution >= 4 is 50.7 Å². The second-order valence-electron chi connectivity index (χ2n) is 10.00. The fourth-order valence-electron chi connectivity index (χ4n) is 4.34. The van der Waals surface area contributed by atoms with Crippen LogP contribution in [0, 0.1) is 13.8 Å². The molecule has 3 aromatic rings. The van der Waals surface area contributed by atoms with E-state index < -0.39 is 28.5 Å². The third-order valence-electron chi connectivity index (χ3n) is 6.34. The van der Waals surface area contributed by atoms with E-state index >= 15 is 0 Å². The third-order valence-corrected chi connectivity index (χ3v) is 8.92. The summed E-state index contributed by atoms with van der Waals surface area (Å²) >= 11 is 12.7. The second kappa shape index (κ2) is 13.5.